The van der Waals surface area contributed by atoms with E-state index in [1.807, 2.05) is 0 Å². The summed E-state index contributed by atoms with van der Waals surface area (Å²) in [5.41, 5.74) is 0. The molecule has 0 amide bonds. The van der Waals surface area contributed by atoms with Gasteiger partial charge in [-0.1, -0.05) is 0 Å². The molecule has 4 atom stereocenters. The van der Waals surface area contributed by atoms with Crippen molar-refractivity contribution in [1.82, 2.24) is 5.32 Å². The Kier molecular flexibility index (Phi) is 3.42. The second kappa shape index (κ2) is 4.15. The zero-order chi connectivity index (χ0) is 9.14. The van der Waals surface area contributed by atoms with E-state index in [9.17, 15) is 15.3 Å². The fourth-order valence-corrected chi connectivity index (χ4v) is 1.32. The van der Waals surface area contributed by atoms with Crippen LogP contribution < -0.4 is 5.32 Å². The summed E-state index contributed by atoms with van der Waals surface area (Å²) in [6.45, 7) is 0.0972. The highest BCUT2D eigenvalue weighted by Crippen LogP contribution is 2.10. The van der Waals surface area contributed by atoms with Gasteiger partial charge < -0.3 is 25.7 Å². The minimum atomic E-state index is -1.12. The molecular formula is C7H15NO4. The Morgan fingerprint density at radius 2 is 1.83 bits per heavy atom. The smallest absolute Gasteiger partial charge is 0.107 e. The number of hydrogen-bond acceptors (Lipinski definition) is 5. The fraction of sp³-hybridized carbons (Fsp3) is 1.00. The second-order valence-corrected chi connectivity index (χ2v) is 3.15. The molecule has 0 aromatic rings. The van der Waals surface area contributed by atoms with Gasteiger partial charge in [-0.15, -0.1) is 0 Å². The molecule has 1 saturated heterocycles. The quantitative estimate of drug-likeness (QED) is 0.303. The third-order valence-electron chi connectivity index (χ3n) is 2.15. The Hall–Kier alpha value is -0.200. The van der Waals surface area contributed by atoms with Crippen LogP contribution in [0.15, 0.2) is 0 Å². The molecule has 0 bridgehead atoms. The van der Waals surface area contributed by atoms with Crippen molar-refractivity contribution >= 4 is 0 Å². The molecule has 0 spiro atoms. The first kappa shape index (κ1) is 9.88. The molecule has 1 rings (SSSR count). The van der Waals surface area contributed by atoms with Crippen LogP contribution in [-0.2, 0) is 0 Å². The highest BCUT2D eigenvalue weighted by molar-refractivity contribution is 4.86. The molecule has 1 aliphatic rings. The molecule has 0 aromatic carbocycles. The van der Waals surface area contributed by atoms with Crippen LogP contribution in [0.2, 0.25) is 0 Å². The van der Waals surface area contributed by atoms with E-state index in [2.05, 4.69) is 5.32 Å². The molecule has 12 heavy (non-hydrogen) atoms. The Labute approximate surface area is 70.6 Å². The molecule has 1 aliphatic heterocycles. The summed E-state index contributed by atoms with van der Waals surface area (Å²) < 4.78 is 0. The maximum Gasteiger partial charge on any atom is 0.107 e. The Morgan fingerprint density at radius 3 is 2.42 bits per heavy atom. The maximum absolute atomic E-state index is 9.27. The van der Waals surface area contributed by atoms with Crippen LogP contribution in [-0.4, -0.2) is 57.9 Å². The van der Waals surface area contributed by atoms with Gasteiger partial charge in [-0.25, -0.2) is 0 Å². The highest BCUT2D eigenvalue weighted by atomic mass is 16.4. The Bertz CT molecular complexity index is 143. The van der Waals surface area contributed by atoms with E-state index in [0.717, 1.165) is 0 Å². The third-order valence-corrected chi connectivity index (χ3v) is 2.15. The molecule has 5 N–H and O–H groups in total. The van der Waals surface area contributed by atoms with Crippen molar-refractivity contribution < 1.29 is 20.4 Å². The van der Waals surface area contributed by atoms with Crippen LogP contribution in [0.5, 0.6) is 0 Å². The van der Waals surface area contributed by atoms with Crippen LogP contribution in [0.4, 0.5) is 0 Å². The average Bonchev–Trinajstić information content (AvgIpc) is 2.19. The van der Waals surface area contributed by atoms with Crippen molar-refractivity contribution in [2.45, 2.75) is 30.8 Å². The van der Waals surface area contributed by atoms with Gasteiger partial charge in [0.2, 0.25) is 0 Å². The first-order valence-electron chi connectivity index (χ1n) is 4.03. The minimum absolute atomic E-state index is 0.101. The number of β-amino-alcohol motifs (C(OH)–C–C–N with tert-alkyl or cyclic N) is 1. The number of hydrogen-bond donors (Lipinski definition) is 5. The lowest BCUT2D eigenvalue weighted by Gasteiger charge is -2.18. The number of aliphatic hydroxyl groups is 4. The zero-order valence-electron chi connectivity index (χ0n) is 6.72. The van der Waals surface area contributed by atoms with E-state index in [0.29, 0.717) is 0 Å². The second-order valence-electron chi connectivity index (χ2n) is 3.15. The van der Waals surface area contributed by atoms with Crippen molar-refractivity contribution in [2.75, 3.05) is 13.2 Å². The van der Waals surface area contributed by atoms with E-state index in [1.165, 1.54) is 0 Å². The van der Waals surface area contributed by atoms with Gasteiger partial charge in [0.25, 0.3) is 0 Å². The lowest BCUT2D eigenvalue weighted by atomic mass is 10.0. The van der Waals surface area contributed by atoms with E-state index in [-0.39, 0.29) is 25.6 Å². The van der Waals surface area contributed by atoms with Gasteiger partial charge in [0.15, 0.2) is 0 Å². The maximum atomic E-state index is 9.27. The van der Waals surface area contributed by atoms with Gasteiger partial charge in [-0.2, -0.15) is 0 Å². The van der Waals surface area contributed by atoms with Gasteiger partial charge >= 0.3 is 0 Å². The van der Waals surface area contributed by atoms with Gasteiger partial charge in [-0.05, 0) is 6.42 Å². The summed E-state index contributed by atoms with van der Waals surface area (Å²) >= 11 is 0. The summed E-state index contributed by atoms with van der Waals surface area (Å²) in [6, 6.07) is -0.244. The highest BCUT2D eigenvalue weighted by Gasteiger charge is 2.30. The van der Waals surface area contributed by atoms with Gasteiger partial charge in [0.05, 0.1) is 18.8 Å². The average molecular weight is 177 g/mol. The lowest BCUT2D eigenvalue weighted by molar-refractivity contribution is -0.0517. The van der Waals surface area contributed by atoms with Crippen LogP contribution in [0.3, 0.4) is 0 Å². The molecule has 1 heterocycles. The molecule has 0 radical (unpaired) electrons. The molecule has 5 nitrogen and oxygen atoms in total. The zero-order valence-corrected chi connectivity index (χ0v) is 6.72. The van der Waals surface area contributed by atoms with E-state index >= 15 is 0 Å². The molecule has 72 valence electrons. The molecule has 1 fully saturated rings. The van der Waals surface area contributed by atoms with Gasteiger partial charge in [0.1, 0.15) is 6.10 Å². The van der Waals surface area contributed by atoms with E-state index in [1.54, 1.807) is 0 Å². The van der Waals surface area contributed by atoms with Crippen molar-refractivity contribution in [1.29, 1.82) is 0 Å². The lowest BCUT2D eigenvalue weighted by Crippen LogP contribution is -2.39. The van der Waals surface area contributed by atoms with Crippen LogP contribution in [0.25, 0.3) is 0 Å². The normalized spacial score (nSPS) is 44.0. The number of nitrogens with one attached hydrogen (secondary N) is 1. The number of aliphatic hydroxyl groups excluding tert-OH is 4. The fourth-order valence-electron chi connectivity index (χ4n) is 1.32. The first-order valence-corrected chi connectivity index (χ1v) is 4.03. The third kappa shape index (κ3) is 2.15. The summed E-state index contributed by atoms with van der Waals surface area (Å²) in [5, 5.41) is 39.3. The molecule has 0 saturated carbocycles. The van der Waals surface area contributed by atoms with E-state index < -0.39 is 18.3 Å². The van der Waals surface area contributed by atoms with Crippen molar-refractivity contribution in [3.05, 3.63) is 0 Å². The monoisotopic (exact) mass is 177 g/mol. The molecule has 0 aliphatic carbocycles. The summed E-state index contributed by atoms with van der Waals surface area (Å²) in [6.07, 6.45) is -2.79. The minimum Gasteiger partial charge on any atom is -0.395 e. The van der Waals surface area contributed by atoms with Crippen LogP contribution in [0.1, 0.15) is 6.42 Å². The topological polar surface area (TPSA) is 93.0 Å². The molecule has 0 unspecified atom stereocenters. The van der Waals surface area contributed by atoms with Crippen molar-refractivity contribution in [2.24, 2.45) is 0 Å². The summed E-state index contributed by atoms with van der Waals surface area (Å²) in [5.74, 6) is 0. The SMILES string of the molecule is OC[C@H]1C[C@@H](O)[C@H](O)[C@H](O)CN1. The molecule has 5 heteroatoms. The van der Waals surface area contributed by atoms with E-state index in [4.69, 9.17) is 5.11 Å². The van der Waals surface area contributed by atoms with Crippen LogP contribution >= 0.6 is 0 Å². The predicted molar refractivity (Wildman–Crippen MR) is 41.5 cm³/mol. The van der Waals surface area contributed by atoms with Gasteiger partial charge in [-0.3, -0.25) is 0 Å². The largest absolute Gasteiger partial charge is 0.395 e. The van der Waals surface area contributed by atoms with Gasteiger partial charge in [0, 0.05) is 12.6 Å². The van der Waals surface area contributed by atoms with Crippen LogP contribution in [0, 0.1) is 0 Å². The molecular weight excluding hydrogens is 162 g/mol. The first-order chi connectivity index (χ1) is 5.65. The number of rotatable bonds is 1. The predicted octanol–water partition coefficient (Wildman–Crippen LogP) is -2.58. The van der Waals surface area contributed by atoms with Crippen molar-refractivity contribution in [3.63, 3.8) is 0 Å². The summed E-state index contributed by atoms with van der Waals surface area (Å²) in [7, 11) is 0. The summed E-state index contributed by atoms with van der Waals surface area (Å²) in [4.78, 5) is 0. The standard InChI is InChI=1S/C7H15NO4/c9-3-4-1-5(10)7(12)6(11)2-8-4/h4-12H,1-3H2/t4-,5-,6-,7+/m1/s1. The van der Waals surface area contributed by atoms with Crippen molar-refractivity contribution in [3.8, 4) is 0 Å². The Morgan fingerprint density at radius 1 is 1.17 bits per heavy atom. The molecule has 0 aromatic heterocycles. The Balaban J connectivity index is 2.53.